The Morgan fingerprint density at radius 2 is 2.36 bits per heavy atom. The van der Waals surface area contributed by atoms with Gasteiger partial charge in [-0.1, -0.05) is 19.4 Å². The van der Waals surface area contributed by atoms with Gasteiger partial charge in [-0.25, -0.2) is 0 Å². The molecule has 0 bridgehead atoms. The van der Waals surface area contributed by atoms with Crippen molar-refractivity contribution in [2.45, 2.75) is 19.8 Å². The highest BCUT2D eigenvalue weighted by molar-refractivity contribution is 5.32. The molecule has 0 unspecified atom stereocenters. The molecule has 1 radical (unpaired) electrons. The van der Waals surface area contributed by atoms with Crippen LogP contribution >= 0.6 is 0 Å². The fraction of sp³-hybridized carbons (Fsp3) is 0.300. The molecule has 0 saturated carbocycles. The molecule has 0 aromatic heterocycles. The summed E-state index contributed by atoms with van der Waals surface area (Å²) in [4.78, 5) is 0. The summed E-state index contributed by atoms with van der Waals surface area (Å²) in [6.45, 7) is 2.12. The molecule has 0 aliphatic heterocycles. The smallest absolute Gasteiger partial charge is 0.0991 e. The summed E-state index contributed by atoms with van der Waals surface area (Å²) in [7, 11) is 0. The molecular weight excluding hydrogens is 134 g/mol. The van der Waals surface area contributed by atoms with Crippen LogP contribution in [0.25, 0.3) is 0 Å². The lowest BCUT2D eigenvalue weighted by atomic mass is 10.1. The zero-order valence-electron chi connectivity index (χ0n) is 6.59. The van der Waals surface area contributed by atoms with E-state index in [4.69, 9.17) is 5.26 Å². The van der Waals surface area contributed by atoms with Gasteiger partial charge in [0, 0.05) is 0 Å². The van der Waals surface area contributed by atoms with E-state index in [2.05, 4.69) is 19.1 Å². The zero-order chi connectivity index (χ0) is 8.10. The average Bonchev–Trinajstić information content (AvgIpc) is 2.06. The maximum Gasteiger partial charge on any atom is 0.0991 e. The number of benzene rings is 1. The van der Waals surface area contributed by atoms with Gasteiger partial charge in [0.2, 0.25) is 0 Å². The number of rotatable bonds is 2. The van der Waals surface area contributed by atoms with Crippen molar-refractivity contribution < 1.29 is 0 Å². The quantitative estimate of drug-likeness (QED) is 0.624. The molecular formula is C10H10N. The minimum atomic E-state index is 0.705. The van der Waals surface area contributed by atoms with Gasteiger partial charge >= 0.3 is 0 Å². The molecule has 0 amide bonds. The van der Waals surface area contributed by atoms with Gasteiger partial charge in [-0.05, 0) is 30.2 Å². The molecule has 1 rings (SSSR count). The Labute approximate surface area is 67.3 Å². The van der Waals surface area contributed by atoms with Crippen LogP contribution < -0.4 is 0 Å². The number of hydrogen-bond acceptors (Lipinski definition) is 1. The van der Waals surface area contributed by atoms with Crippen LogP contribution in [0.1, 0.15) is 24.5 Å². The van der Waals surface area contributed by atoms with E-state index < -0.39 is 0 Å². The molecule has 11 heavy (non-hydrogen) atoms. The normalized spacial score (nSPS) is 9.09. The van der Waals surface area contributed by atoms with Gasteiger partial charge in [-0.2, -0.15) is 5.26 Å². The topological polar surface area (TPSA) is 23.8 Å². The third-order valence-corrected chi connectivity index (χ3v) is 1.52. The predicted octanol–water partition coefficient (Wildman–Crippen LogP) is 2.31. The SMILES string of the molecule is CCCc1c[c]cc(C#N)c1. The van der Waals surface area contributed by atoms with Gasteiger partial charge in [0.15, 0.2) is 0 Å². The molecule has 0 atom stereocenters. The molecule has 1 heteroatoms. The van der Waals surface area contributed by atoms with E-state index in [0.717, 1.165) is 12.8 Å². The largest absolute Gasteiger partial charge is 0.192 e. The lowest BCUT2D eigenvalue weighted by Gasteiger charge is -1.96. The number of aryl methyl sites for hydroxylation is 1. The van der Waals surface area contributed by atoms with Crippen molar-refractivity contribution in [3.05, 3.63) is 35.4 Å². The highest BCUT2D eigenvalue weighted by Gasteiger charge is 1.92. The van der Waals surface area contributed by atoms with Crippen molar-refractivity contribution in [1.82, 2.24) is 0 Å². The summed E-state index contributed by atoms with van der Waals surface area (Å²) in [5.41, 5.74) is 1.91. The first-order valence-corrected chi connectivity index (χ1v) is 3.77. The Morgan fingerprint density at radius 3 is 3.00 bits per heavy atom. The summed E-state index contributed by atoms with van der Waals surface area (Å²) in [5, 5.41) is 8.56. The fourth-order valence-electron chi connectivity index (χ4n) is 1.02. The summed E-state index contributed by atoms with van der Waals surface area (Å²) in [5.74, 6) is 0. The average molecular weight is 144 g/mol. The van der Waals surface area contributed by atoms with Gasteiger partial charge in [0.1, 0.15) is 0 Å². The second kappa shape index (κ2) is 3.78. The van der Waals surface area contributed by atoms with Crippen LogP contribution in [-0.4, -0.2) is 0 Å². The van der Waals surface area contributed by atoms with Crippen LogP contribution in [0.4, 0.5) is 0 Å². The van der Waals surface area contributed by atoms with Crippen molar-refractivity contribution in [1.29, 1.82) is 5.26 Å². The predicted molar refractivity (Wildman–Crippen MR) is 44.0 cm³/mol. The third kappa shape index (κ3) is 2.09. The Morgan fingerprint density at radius 1 is 1.55 bits per heavy atom. The minimum Gasteiger partial charge on any atom is -0.192 e. The number of nitrogens with zero attached hydrogens (tertiary/aromatic N) is 1. The monoisotopic (exact) mass is 144 g/mol. The Balaban J connectivity index is 2.85. The second-order valence-electron chi connectivity index (χ2n) is 2.49. The van der Waals surface area contributed by atoms with Gasteiger partial charge in [0.25, 0.3) is 0 Å². The third-order valence-electron chi connectivity index (χ3n) is 1.52. The van der Waals surface area contributed by atoms with Crippen LogP contribution in [0, 0.1) is 17.4 Å². The van der Waals surface area contributed by atoms with Crippen molar-refractivity contribution in [3.63, 3.8) is 0 Å². The molecule has 0 fully saturated rings. The molecule has 1 aromatic carbocycles. The minimum absolute atomic E-state index is 0.705. The Hall–Kier alpha value is -1.29. The maximum absolute atomic E-state index is 8.56. The first kappa shape index (κ1) is 7.81. The number of hydrogen-bond donors (Lipinski definition) is 0. The fourth-order valence-corrected chi connectivity index (χ4v) is 1.02. The van der Waals surface area contributed by atoms with Crippen molar-refractivity contribution >= 4 is 0 Å². The molecule has 0 N–H and O–H groups in total. The van der Waals surface area contributed by atoms with Gasteiger partial charge in [-0.15, -0.1) is 0 Å². The highest BCUT2D eigenvalue weighted by Crippen LogP contribution is 2.05. The van der Waals surface area contributed by atoms with E-state index in [-0.39, 0.29) is 0 Å². The molecule has 0 saturated heterocycles. The van der Waals surface area contributed by atoms with Crippen LogP contribution in [-0.2, 0) is 6.42 Å². The van der Waals surface area contributed by atoms with Gasteiger partial charge in [-0.3, -0.25) is 0 Å². The summed E-state index contributed by atoms with van der Waals surface area (Å²) in [6.07, 6.45) is 2.15. The summed E-state index contributed by atoms with van der Waals surface area (Å²) < 4.78 is 0. The van der Waals surface area contributed by atoms with Crippen molar-refractivity contribution in [3.8, 4) is 6.07 Å². The van der Waals surface area contributed by atoms with E-state index in [0.29, 0.717) is 5.56 Å². The van der Waals surface area contributed by atoms with E-state index in [1.165, 1.54) is 5.56 Å². The number of nitriles is 1. The molecule has 0 heterocycles. The van der Waals surface area contributed by atoms with Crippen molar-refractivity contribution in [2.24, 2.45) is 0 Å². The summed E-state index contributed by atoms with van der Waals surface area (Å²) >= 11 is 0. The molecule has 0 spiro atoms. The summed E-state index contributed by atoms with van der Waals surface area (Å²) in [6, 6.07) is 10.6. The Kier molecular flexibility index (Phi) is 2.68. The van der Waals surface area contributed by atoms with E-state index in [1.54, 1.807) is 6.07 Å². The maximum atomic E-state index is 8.56. The molecule has 0 aliphatic rings. The van der Waals surface area contributed by atoms with E-state index >= 15 is 0 Å². The first-order valence-electron chi connectivity index (χ1n) is 3.77. The lowest BCUT2D eigenvalue weighted by Crippen LogP contribution is -1.83. The first-order chi connectivity index (χ1) is 5.36. The molecule has 55 valence electrons. The van der Waals surface area contributed by atoms with E-state index in [9.17, 15) is 0 Å². The second-order valence-corrected chi connectivity index (χ2v) is 2.49. The van der Waals surface area contributed by atoms with Crippen LogP contribution in [0.3, 0.4) is 0 Å². The van der Waals surface area contributed by atoms with Crippen molar-refractivity contribution in [2.75, 3.05) is 0 Å². The molecule has 1 nitrogen and oxygen atoms in total. The van der Waals surface area contributed by atoms with Crippen LogP contribution in [0.2, 0.25) is 0 Å². The molecule has 0 aliphatic carbocycles. The van der Waals surface area contributed by atoms with Gasteiger partial charge in [0.05, 0.1) is 11.6 Å². The standard InChI is InChI=1S/C10H10N/c1-2-4-9-5-3-6-10(7-9)8-11/h5-7H,2,4H2,1H3. The highest BCUT2D eigenvalue weighted by atomic mass is 14.2. The molecule has 1 aromatic rings. The van der Waals surface area contributed by atoms with Crippen LogP contribution in [0.5, 0.6) is 0 Å². The Bertz CT molecular complexity index is 270. The van der Waals surface area contributed by atoms with E-state index in [1.807, 2.05) is 12.1 Å². The van der Waals surface area contributed by atoms with Gasteiger partial charge < -0.3 is 0 Å². The van der Waals surface area contributed by atoms with Crippen LogP contribution in [0.15, 0.2) is 18.2 Å². The lowest BCUT2D eigenvalue weighted by molar-refractivity contribution is 0.921. The zero-order valence-corrected chi connectivity index (χ0v) is 6.59.